The van der Waals surface area contributed by atoms with Gasteiger partial charge in [-0.25, -0.2) is 4.79 Å². The highest BCUT2D eigenvalue weighted by Crippen LogP contribution is 2.57. The number of aromatic nitrogens is 1. The van der Waals surface area contributed by atoms with E-state index in [1.807, 2.05) is 66.9 Å². The number of hydrogen-bond acceptors (Lipinski definition) is 6. The highest BCUT2D eigenvalue weighted by atomic mass is 35.5. The minimum atomic E-state index is -1.08. The Labute approximate surface area is 348 Å². The van der Waals surface area contributed by atoms with Gasteiger partial charge in [0.2, 0.25) is 0 Å². The average Bonchev–Trinajstić information content (AvgIpc) is 3.52. The first-order valence-corrected chi connectivity index (χ1v) is 21.5. The summed E-state index contributed by atoms with van der Waals surface area (Å²) >= 11 is 6.32. The van der Waals surface area contributed by atoms with Crippen LogP contribution in [0.15, 0.2) is 109 Å². The molecule has 2 N–H and O–H groups in total. The van der Waals surface area contributed by atoms with Crippen molar-refractivity contribution in [3.05, 3.63) is 148 Å². The number of carboxylic acid groups (broad SMARTS) is 1. The first-order chi connectivity index (χ1) is 28.2. The number of aryl methyl sites for hydroxylation is 1. The average molecular weight is 799 g/mol. The zero-order valence-corrected chi connectivity index (χ0v) is 34.5. The summed E-state index contributed by atoms with van der Waals surface area (Å²) in [6.45, 7) is 6.32. The number of carboxylic acids is 1. The topological polar surface area (TPSA) is 89.9 Å². The number of anilines is 1. The Hall–Kier alpha value is -5.01. The van der Waals surface area contributed by atoms with Gasteiger partial charge in [-0.2, -0.15) is 0 Å². The Bertz CT molecular complexity index is 2180. The van der Waals surface area contributed by atoms with Crippen molar-refractivity contribution in [2.45, 2.75) is 102 Å². The number of rotatable bonds is 15. The molecule has 3 aliphatic rings. The van der Waals surface area contributed by atoms with Crippen LogP contribution in [0.3, 0.4) is 0 Å². The predicted molar refractivity (Wildman–Crippen MR) is 231 cm³/mol. The minimum Gasteiger partial charge on any atom is -0.493 e. The van der Waals surface area contributed by atoms with Gasteiger partial charge in [-0.1, -0.05) is 80.0 Å². The zero-order valence-electron chi connectivity index (χ0n) is 33.7. The molecule has 1 spiro atoms. The first kappa shape index (κ1) is 39.8. The molecule has 1 heterocycles. The fourth-order valence-electron chi connectivity index (χ4n) is 9.95. The molecule has 1 saturated carbocycles. The molecule has 0 amide bonds. The summed E-state index contributed by atoms with van der Waals surface area (Å²) in [5.74, 6) is 2.99. The lowest BCUT2D eigenvalue weighted by Crippen LogP contribution is -2.53. The third kappa shape index (κ3) is 8.70. The Morgan fingerprint density at radius 1 is 0.897 bits per heavy atom. The van der Waals surface area contributed by atoms with Crippen LogP contribution in [0.1, 0.15) is 98.2 Å². The van der Waals surface area contributed by atoms with Crippen molar-refractivity contribution in [1.29, 1.82) is 0 Å². The van der Waals surface area contributed by atoms with Gasteiger partial charge < -0.3 is 24.6 Å². The molecule has 8 heteroatoms. The monoisotopic (exact) mass is 798 g/mol. The molecule has 3 aliphatic carbocycles. The van der Waals surface area contributed by atoms with Crippen LogP contribution >= 0.6 is 11.6 Å². The van der Waals surface area contributed by atoms with E-state index in [2.05, 4.69) is 66.6 Å². The number of nitrogens with one attached hydrogen (secondary N) is 1. The fourth-order valence-corrected chi connectivity index (χ4v) is 10.1. The summed E-state index contributed by atoms with van der Waals surface area (Å²) in [5.41, 5.74) is 6.95. The quantitative estimate of drug-likeness (QED) is 0.109. The number of benzene rings is 4. The van der Waals surface area contributed by atoms with Gasteiger partial charge >= 0.3 is 5.97 Å². The van der Waals surface area contributed by atoms with Gasteiger partial charge in [-0.3, -0.25) is 4.98 Å². The number of hydrogen-bond donors (Lipinski definition) is 2. The smallest absolute Gasteiger partial charge is 0.329 e. The molecular weight excluding hydrogens is 744 g/mol. The molecule has 0 unspecified atom stereocenters. The highest BCUT2D eigenvalue weighted by Gasteiger charge is 2.54. The van der Waals surface area contributed by atoms with Crippen molar-refractivity contribution in [3.8, 4) is 17.2 Å². The summed E-state index contributed by atoms with van der Waals surface area (Å²) in [7, 11) is 0. The number of ether oxygens (including phenoxy) is 3. The standard InChI is InChI=1S/C50H55ClN2O5/c1-34(32-58-46-20-26-52-45-13-6-8-35(2)47(45)46)28-39-29-38-16-19-43(56-27-21-36-14-17-42(18-15-36)57-33-37-9-4-3-5-10-37)31-44(38)49(39)22-24-50(25-23-49,48(54)55)53-41-12-7-11-40(51)30-41/h3-5,7,9-12,14-20,26,30-31,34-35,39,53H,6,8,13,21-25,27-29,32-33H2,1-2H3,(H,54,55)/t34-,35-,39+,49?,50?/m1/s1. The van der Waals surface area contributed by atoms with Crippen molar-refractivity contribution in [3.63, 3.8) is 0 Å². The molecule has 1 fully saturated rings. The van der Waals surface area contributed by atoms with Crippen molar-refractivity contribution in [2.75, 3.05) is 18.5 Å². The van der Waals surface area contributed by atoms with E-state index >= 15 is 0 Å². The number of halogens is 1. The lowest BCUT2D eigenvalue weighted by atomic mass is 9.59. The van der Waals surface area contributed by atoms with Crippen molar-refractivity contribution >= 4 is 23.3 Å². The number of aliphatic carboxylic acids is 1. The van der Waals surface area contributed by atoms with E-state index in [1.165, 1.54) is 40.8 Å². The molecule has 0 saturated heterocycles. The lowest BCUT2D eigenvalue weighted by molar-refractivity contribution is -0.144. The third-order valence-electron chi connectivity index (χ3n) is 13.1. The summed E-state index contributed by atoms with van der Waals surface area (Å²) in [5, 5.41) is 14.7. The van der Waals surface area contributed by atoms with Gasteiger partial charge in [0.1, 0.15) is 29.4 Å². The second-order valence-corrected chi connectivity index (χ2v) is 17.5. The summed E-state index contributed by atoms with van der Waals surface area (Å²) < 4.78 is 19.1. The van der Waals surface area contributed by atoms with Gasteiger partial charge in [-0.05, 0) is 152 Å². The Balaban J connectivity index is 0.971. The molecule has 5 aromatic rings. The van der Waals surface area contributed by atoms with Gasteiger partial charge in [0, 0.05) is 34.6 Å². The largest absolute Gasteiger partial charge is 0.493 e. The maximum absolute atomic E-state index is 13.1. The van der Waals surface area contributed by atoms with Crippen LogP contribution < -0.4 is 19.5 Å². The fraction of sp³-hybridized carbons (Fsp3) is 0.400. The second-order valence-electron chi connectivity index (χ2n) is 17.0. The third-order valence-corrected chi connectivity index (χ3v) is 13.3. The van der Waals surface area contributed by atoms with Crippen LogP contribution in [-0.2, 0) is 36.1 Å². The lowest BCUT2D eigenvalue weighted by Gasteiger charge is -2.47. The van der Waals surface area contributed by atoms with Crippen molar-refractivity contribution < 1.29 is 24.1 Å². The maximum atomic E-state index is 13.1. The molecule has 3 atom stereocenters. The maximum Gasteiger partial charge on any atom is 0.329 e. The van der Waals surface area contributed by atoms with E-state index in [-0.39, 0.29) is 5.41 Å². The van der Waals surface area contributed by atoms with Crippen molar-refractivity contribution in [2.24, 2.45) is 11.8 Å². The number of fused-ring (bicyclic) bond motifs is 3. The molecule has 58 heavy (non-hydrogen) atoms. The molecular formula is C50H55ClN2O5. The normalized spacial score (nSPS) is 22.7. The molecule has 8 rings (SSSR count). The van der Waals surface area contributed by atoms with Crippen LogP contribution in [0.25, 0.3) is 0 Å². The second kappa shape index (κ2) is 17.5. The molecule has 0 aliphatic heterocycles. The van der Waals surface area contributed by atoms with E-state index in [9.17, 15) is 9.90 Å². The van der Waals surface area contributed by atoms with Crippen LogP contribution in [0.2, 0.25) is 5.02 Å². The van der Waals surface area contributed by atoms with Crippen LogP contribution in [0, 0.1) is 11.8 Å². The van der Waals surface area contributed by atoms with E-state index in [0.29, 0.717) is 55.4 Å². The summed E-state index contributed by atoms with van der Waals surface area (Å²) in [6, 6.07) is 34.5. The number of nitrogens with zero attached hydrogens (tertiary/aromatic N) is 1. The molecule has 7 nitrogen and oxygen atoms in total. The van der Waals surface area contributed by atoms with Crippen molar-refractivity contribution in [1.82, 2.24) is 4.98 Å². The van der Waals surface area contributed by atoms with Crippen LogP contribution in [0.5, 0.6) is 17.2 Å². The summed E-state index contributed by atoms with van der Waals surface area (Å²) in [4.78, 5) is 17.8. The first-order valence-electron chi connectivity index (χ1n) is 21.1. The van der Waals surface area contributed by atoms with Crippen LogP contribution in [-0.4, -0.2) is 34.8 Å². The number of carbonyl (C=O) groups is 1. The molecule has 302 valence electrons. The van der Waals surface area contributed by atoms with Gasteiger partial charge in [0.05, 0.1) is 13.2 Å². The Morgan fingerprint density at radius 3 is 2.47 bits per heavy atom. The zero-order chi connectivity index (χ0) is 40.1. The van der Waals surface area contributed by atoms with E-state index in [0.717, 1.165) is 67.0 Å². The highest BCUT2D eigenvalue weighted by molar-refractivity contribution is 6.30. The molecule has 0 radical (unpaired) electrons. The van der Waals surface area contributed by atoms with E-state index in [1.54, 1.807) is 0 Å². The molecule has 0 bridgehead atoms. The van der Waals surface area contributed by atoms with Crippen LogP contribution in [0.4, 0.5) is 5.69 Å². The Morgan fingerprint density at radius 2 is 1.69 bits per heavy atom. The Kier molecular flexibility index (Phi) is 12.0. The van der Waals surface area contributed by atoms with Gasteiger partial charge in [-0.15, -0.1) is 0 Å². The van der Waals surface area contributed by atoms with Gasteiger partial charge in [0.15, 0.2) is 0 Å². The van der Waals surface area contributed by atoms with E-state index in [4.69, 9.17) is 25.8 Å². The number of pyridine rings is 1. The summed E-state index contributed by atoms with van der Waals surface area (Å²) in [6.07, 6.45) is 10.5. The molecule has 4 aromatic carbocycles. The SMILES string of the molecule is C[C@@H](COc1ccnc2c1[C@H](C)CCC2)C[C@H]1Cc2ccc(OCCc3ccc(OCc4ccccc4)cc3)cc2C12CCC(Nc1cccc(Cl)c1)(C(=O)O)CC2. The predicted octanol–water partition coefficient (Wildman–Crippen LogP) is 11.4. The van der Waals surface area contributed by atoms with E-state index < -0.39 is 11.5 Å². The van der Waals surface area contributed by atoms with Gasteiger partial charge in [0.25, 0.3) is 0 Å². The molecule has 1 aromatic heterocycles. The minimum absolute atomic E-state index is 0.169.